The van der Waals surface area contributed by atoms with Gasteiger partial charge in [-0.3, -0.25) is 4.79 Å². The van der Waals surface area contributed by atoms with Crippen LogP contribution in [0.2, 0.25) is 0 Å². The summed E-state index contributed by atoms with van der Waals surface area (Å²) in [6, 6.07) is 12.1. The number of aryl methyl sites for hydroxylation is 1. The van der Waals surface area contributed by atoms with Crippen LogP contribution in [0.5, 0.6) is 11.6 Å². The number of aliphatic carboxylic acids is 1. The number of aromatic nitrogens is 2. The summed E-state index contributed by atoms with van der Waals surface area (Å²) in [7, 11) is 3.33. The molecule has 1 saturated carbocycles. The first kappa shape index (κ1) is 29.4. The number of carbonyl (C=O) groups is 3. The number of urea groups is 1. The van der Waals surface area contributed by atoms with Crippen LogP contribution in [0.15, 0.2) is 54.6 Å². The summed E-state index contributed by atoms with van der Waals surface area (Å²) in [6.45, 7) is 2.62. The molecule has 4 atom stereocenters. The van der Waals surface area contributed by atoms with Gasteiger partial charge in [0.2, 0.25) is 11.8 Å². The average Bonchev–Trinajstić information content (AvgIpc) is 3.56. The van der Waals surface area contributed by atoms with Crippen molar-refractivity contribution in [3.8, 4) is 23.0 Å². The topological polar surface area (TPSA) is 134 Å². The number of carboxylic acids is 1. The van der Waals surface area contributed by atoms with Crippen molar-refractivity contribution in [2.24, 2.45) is 5.92 Å². The molecule has 2 fully saturated rings. The minimum Gasteiger partial charge on any atom is -0.496 e. The molecular formula is C33H37N5O6. The maximum atomic E-state index is 13.7. The van der Waals surface area contributed by atoms with Crippen molar-refractivity contribution in [1.29, 1.82) is 0 Å². The summed E-state index contributed by atoms with van der Waals surface area (Å²) in [5, 5.41) is 13.5. The minimum absolute atomic E-state index is 0.145. The van der Waals surface area contributed by atoms with Gasteiger partial charge in [0.1, 0.15) is 23.4 Å². The van der Waals surface area contributed by atoms with Crippen molar-refractivity contribution in [2.45, 2.75) is 56.7 Å². The van der Waals surface area contributed by atoms with E-state index in [1.165, 1.54) is 4.90 Å². The van der Waals surface area contributed by atoms with E-state index in [0.29, 0.717) is 41.3 Å². The smallest absolute Gasteiger partial charge is 0.330 e. The number of carboxylic acid groups (broad SMARTS) is 1. The van der Waals surface area contributed by atoms with Crippen molar-refractivity contribution in [1.82, 2.24) is 25.1 Å². The van der Waals surface area contributed by atoms with Gasteiger partial charge in [0.15, 0.2) is 5.82 Å². The van der Waals surface area contributed by atoms with Crippen LogP contribution in [0.3, 0.4) is 0 Å². The number of rotatable bonds is 5. The summed E-state index contributed by atoms with van der Waals surface area (Å²) in [5.41, 5.74) is 0.963. The van der Waals surface area contributed by atoms with Gasteiger partial charge in [-0.1, -0.05) is 42.5 Å². The monoisotopic (exact) mass is 599 g/mol. The number of carbonyl (C=O) groups excluding carboxylic acids is 2. The zero-order valence-electron chi connectivity index (χ0n) is 25.2. The van der Waals surface area contributed by atoms with Crippen LogP contribution < -0.4 is 14.8 Å². The molecule has 1 saturated heterocycles. The van der Waals surface area contributed by atoms with E-state index in [1.54, 1.807) is 19.1 Å². The lowest BCUT2D eigenvalue weighted by Crippen LogP contribution is -2.54. The molecule has 0 spiro atoms. The Morgan fingerprint density at radius 2 is 1.91 bits per heavy atom. The number of nitrogens with one attached hydrogen (secondary N) is 1. The van der Waals surface area contributed by atoms with E-state index in [-0.39, 0.29) is 24.9 Å². The van der Waals surface area contributed by atoms with Crippen molar-refractivity contribution in [3.63, 3.8) is 0 Å². The van der Waals surface area contributed by atoms with Crippen LogP contribution >= 0.6 is 0 Å². The van der Waals surface area contributed by atoms with Gasteiger partial charge in [-0.25, -0.2) is 14.6 Å². The van der Waals surface area contributed by atoms with Gasteiger partial charge in [0.05, 0.1) is 24.6 Å². The number of hydrogen-bond donors (Lipinski definition) is 2. The molecular weight excluding hydrogens is 562 g/mol. The van der Waals surface area contributed by atoms with Crippen LogP contribution in [-0.4, -0.2) is 87.7 Å². The lowest BCUT2D eigenvalue weighted by Gasteiger charge is -2.29. The molecule has 2 aliphatic heterocycles. The van der Waals surface area contributed by atoms with Gasteiger partial charge < -0.3 is 29.7 Å². The molecule has 1 aromatic heterocycles. The van der Waals surface area contributed by atoms with E-state index < -0.39 is 29.6 Å². The molecule has 1 aliphatic carbocycles. The Balaban J connectivity index is 1.34. The zero-order valence-corrected chi connectivity index (χ0v) is 25.2. The van der Waals surface area contributed by atoms with Gasteiger partial charge in [0, 0.05) is 37.1 Å². The predicted octanol–water partition coefficient (Wildman–Crippen LogP) is 4.19. The lowest BCUT2D eigenvalue weighted by molar-refractivity contribution is -0.144. The van der Waals surface area contributed by atoms with E-state index in [1.807, 2.05) is 61.5 Å². The van der Waals surface area contributed by atoms with Crippen molar-refractivity contribution >= 4 is 28.8 Å². The first-order chi connectivity index (χ1) is 21.2. The molecule has 11 nitrogen and oxygen atoms in total. The number of amides is 3. The third-order valence-corrected chi connectivity index (χ3v) is 8.93. The highest BCUT2D eigenvalue weighted by atomic mass is 16.5. The van der Waals surface area contributed by atoms with E-state index in [4.69, 9.17) is 19.4 Å². The first-order valence-electron chi connectivity index (χ1n) is 15.0. The SMILES string of the molecule is COc1ccc2c(OC3CC4C(=O)NC5(C(=O)O)CC5/C=C\CCCCN(C)C(=O)N4C3)nc(-c3ccccc3)nc2c1C. The maximum absolute atomic E-state index is 13.7. The summed E-state index contributed by atoms with van der Waals surface area (Å²) >= 11 is 0. The van der Waals surface area contributed by atoms with Gasteiger partial charge in [-0.05, 0) is 44.7 Å². The number of benzene rings is 2. The summed E-state index contributed by atoms with van der Waals surface area (Å²) < 4.78 is 12.1. The Hall–Kier alpha value is -4.67. The van der Waals surface area contributed by atoms with Gasteiger partial charge in [-0.2, -0.15) is 4.98 Å². The van der Waals surface area contributed by atoms with Gasteiger partial charge in [-0.15, -0.1) is 0 Å². The molecule has 44 heavy (non-hydrogen) atoms. The van der Waals surface area contributed by atoms with Crippen molar-refractivity contribution in [3.05, 3.63) is 60.2 Å². The molecule has 230 valence electrons. The third-order valence-electron chi connectivity index (χ3n) is 8.93. The minimum atomic E-state index is -1.36. The van der Waals surface area contributed by atoms with Crippen LogP contribution in [0.25, 0.3) is 22.3 Å². The second-order valence-electron chi connectivity index (χ2n) is 11.9. The Morgan fingerprint density at radius 1 is 1.11 bits per heavy atom. The van der Waals surface area contributed by atoms with Gasteiger partial charge >= 0.3 is 12.0 Å². The standard InChI is InChI=1S/C33H37N5O6/c1-20-26(43-3)15-14-24-27(20)34-28(21-11-7-6-8-12-21)35-30(24)44-23-17-25-29(39)36-33(31(40)41)18-22(33)13-9-4-5-10-16-37(2)32(42)38(25)19-23/h6-9,11-15,22-23,25H,4-5,10,16-19H2,1-3H3,(H,36,39)(H,40,41)/b13-9-. The third kappa shape index (κ3) is 5.42. The fourth-order valence-electron chi connectivity index (χ4n) is 6.27. The number of fused-ring (bicyclic) bond motifs is 3. The molecule has 3 amide bonds. The van der Waals surface area contributed by atoms with Crippen LogP contribution in [0.1, 0.15) is 37.7 Å². The molecule has 2 aromatic carbocycles. The van der Waals surface area contributed by atoms with Crippen LogP contribution in [0.4, 0.5) is 4.79 Å². The second-order valence-corrected chi connectivity index (χ2v) is 11.9. The number of nitrogens with zero attached hydrogens (tertiary/aromatic N) is 4. The normalized spacial score (nSPS) is 26.3. The molecule has 2 N–H and O–H groups in total. The predicted molar refractivity (Wildman–Crippen MR) is 163 cm³/mol. The molecule has 3 aliphatic rings. The highest BCUT2D eigenvalue weighted by Gasteiger charge is 2.61. The summed E-state index contributed by atoms with van der Waals surface area (Å²) in [4.78, 5) is 52.4. The Labute approximate surface area is 255 Å². The zero-order chi connectivity index (χ0) is 31.0. The summed E-state index contributed by atoms with van der Waals surface area (Å²) in [6.07, 6.45) is 6.27. The molecule has 11 heteroatoms. The summed E-state index contributed by atoms with van der Waals surface area (Å²) in [5.74, 6) is -0.344. The number of methoxy groups -OCH3 is 1. The number of ether oxygens (including phenoxy) is 2. The van der Waals surface area contributed by atoms with Crippen molar-refractivity contribution in [2.75, 3.05) is 27.2 Å². The molecule has 4 unspecified atom stereocenters. The van der Waals surface area contributed by atoms with Crippen LogP contribution in [0, 0.1) is 12.8 Å². The molecule has 3 aromatic rings. The molecule has 0 bridgehead atoms. The van der Waals surface area contributed by atoms with Gasteiger partial charge in [0.25, 0.3) is 0 Å². The second kappa shape index (κ2) is 11.8. The lowest BCUT2D eigenvalue weighted by atomic mass is 10.1. The fourth-order valence-corrected chi connectivity index (χ4v) is 6.27. The van der Waals surface area contributed by atoms with E-state index in [0.717, 1.165) is 30.4 Å². The van der Waals surface area contributed by atoms with Crippen LogP contribution in [-0.2, 0) is 9.59 Å². The largest absolute Gasteiger partial charge is 0.496 e. The highest BCUT2D eigenvalue weighted by Crippen LogP contribution is 2.45. The Kier molecular flexibility index (Phi) is 7.87. The van der Waals surface area contributed by atoms with E-state index >= 15 is 0 Å². The highest BCUT2D eigenvalue weighted by molar-refractivity contribution is 5.95. The maximum Gasteiger partial charge on any atom is 0.330 e. The number of hydrogen-bond acceptors (Lipinski definition) is 7. The first-order valence-corrected chi connectivity index (χ1v) is 15.0. The molecule has 3 heterocycles. The molecule has 6 rings (SSSR count). The van der Waals surface area contributed by atoms with E-state index in [2.05, 4.69) is 5.32 Å². The average molecular weight is 600 g/mol. The Morgan fingerprint density at radius 3 is 2.66 bits per heavy atom. The molecule has 0 radical (unpaired) electrons. The Bertz CT molecular complexity index is 1630. The van der Waals surface area contributed by atoms with Crippen molar-refractivity contribution < 1.29 is 29.0 Å². The van der Waals surface area contributed by atoms with E-state index in [9.17, 15) is 19.5 Å². The fraction of sp³-hybridized carbons (Fsp3) is 0.424. The number of allylic oxidation sites excluding steroid dienone is 1. The quantitative estimate of drug-likeness (QED) is 0.417.